The van der Waals surface area contributed by atoms with Gasteiger partial charge >= 0.3 is 0 Å². The van der Waals surface area contributed by atoms with Crippen LogP contribution in [-0.2, 0) is 0 Å². The van der Waals surface area contributed by atoms with E-state index in [4.69, 9.17) is 21.5 Å². The third-order valence-corrected chi connectivity index (χ3v) is 18.4. The maximum atomic E-state index is 13.6. The minimum atomic E-state index is -0.202. The van der Waals surface area contributed by atoms with Gasteiger partial charge in [-0.3, -0.25) is 27.6 Å². The topological polar surface area (TPSA) is 226 Å². The molecule has 462 valence electrons. The number of nitriles is 5. The van der Waals surface area contributed by atoms with Crippen molar-refractivity contribution in [1.82, 2.24) is 28.2 Å². The molecule has 0 radical (unpaired) electrons. The number of imidazole rings is 3. The lowest BCUT2D eigenvalue weighted by molar-refractivity contribution is 1.19. The minimum Gasteiger partial charge on any atom is -0.268 e. The van der Waals surface area contributed by atoms with Gasteiger partial charge in [0.2, 0.25) is 0 Å². The van der Waals surface area contributed by atoms with E-state index in [0.29, 0.717) is 99.7 Å². The first-order chi connectivity index (χ1) is 49.0. The van der Waals surface area contributed by atoms with Crippen LogP contribution in [0.3, 0.4) is 0 Å². The van der Waals surface area contributed by atoms with Crippen molar-refractivity contribution in [3.05, 3.63) is 325 Å². The monoisotopic (exact) mass is 1280 g/mol. The molecule has 13 aromatic carbocycles. The van der Waals surface area contributed by atoms with Crippen LogP contribution in [-0.4, -0.2) is 28.2 Å². The standard InChI is InChI=1S/3C26H12N4O.C7H8/c1-28-17-8-12-21-22(13-17)30-25(29-21)19-9-7-16(14-27)23-18(15-5-3-2-4-6-15)10-11-20(24(19)23)26(30)31;2*27-13-15-6-11-22-21(12-15)29-25-19-8-7-17(14-28)23-18(16-4-2-1-3-5-16)9-10-20(24(19)23)26(31)30(22)25;1-7-5-3-2-4-6-7/h2-13H;2*1-12H;2-6H,1H3. The predicted molar refractivity (Wildman–Crippen MR) is 393 cm³/mol. The summed E-state index contributed by atoms with van der Waals surface area (Å²) in [5, 5.41) is 56.5. The Labute approximate surface area is 567 Å². The van der Waals surface area contributed by atoms with Crippen molar-refractivity contribution in [3.63, 3.8) is 0 Å². The summed E-state index contributed by atoms with van der Waals surface area (Å²) in [6, 6.07) is 88.5. The Morgan fingerprint density at radius 2 is 0.670 bits per heavy atom. The first-order valence-corrected chi connectivity index (χ1v) is 31.6. The highest BCUT2D eigenvalue weighted by Gasteiger charge is 2.24. The lowest BCUT2D eigenvalue weighted by atomic mass is 9.91. The molecule has 6 heterocycles. The van der Waals surface area contributed by atoms with E-state index in [1.54, 1.807) is 86.0 Å². The molecule has 15 nitrogen and oxygen atoms in total. The van der Waals surface area contributed by atoms with Gasteiger partial charge in [0.15, 0.2) is 5.69 Å². The van der Waals surface area contributed by atoms with E-state index in [2.05, 4.69) is 54.2 Å². The highest BCUT2D eigenvalue weighted by Crippen LogP contribution is 2.42. The molecule has 0 amide bonds. The van der Waals surface area contributed by atoms with E-state index < -0.39 is 0 Å². The van der Waals surface area contributed by atoms with Crippen molar-refractivity contribution in [1.29, 1.82) is 26.3 Å². The zero-order valence-electron chi connectivity index (χ0n) is 52.8. The maximum absolute atomic E-state index is 13.6. The molecule has 0 fully saturated rings. The quantitative estimate of drug-likeness (QED) is 0.151. The second-order valence-electron chi connectivity index (χ2n) is 23.9. The van der Waals surface area contributed by atoms with Crippen molar-refractivity contribution in [2.75, 3.05) is 0 Å². The third kappa shape index (κ3) is 9.53. The van der Waals surface area contributed by atoms with Gasteiger partial charge in [0.25, 0.3) is 16.7 Å². The number of benzene rings is 13. The number of fused-ring (bicyclic) bond motifs is 12. The predicted octanol–water partition coefficient (Wildman–Crippen LogP) is 17.7. The Hall–Kier alpha value is -15.0. The second kappa shape index (κ2) is 24.1. The van der Waals surface area contributed by atoms with Crippen LogP contribution in [0.25, 0.3) is 153 Å². The van der Waals surface area contributed by atoms with Crippen LogP contribution >= 0.6 is 0 Å². The molecule has 0 saturated heterocycles. The van der Waals surface area contributed by atoms with Crippen molar-refractivity contribution < 1.29 is 0 Å². The van der Waals surface area contributed by atoms with Gasteiger partial charge < -0.3 is 0 Å². The van der Waals surface area contributed by atoms with Gasteiger partial charge in [0, 0.05) is 64.6 Å². The number of nitrogens with zero attached hydrogens (tertiary/aromatic N) is 12. The fourth-order valence-corrected chi connectivity index (χ4v) is 13.9. The molecule has 0 aliphatic rings. The molecule has 0 atom stereocenters. The fourth-order valence-electron chi connectivity index (χ4n) is 13.9. The number of hydrogen-bond donors (Lipinski definition) is 0. The number of aromatic nitrogens is 6. The summed E-state index contributed by atoms with van der Waals surface area (Å²) in [5.41, 5.74) is 14.8. The van der Waals surface area contributed by atoms with Crippen LogP contribution in [0.5, 0.6) is 0 Å². The molecular formula is C85H44N12O3. The summed E-state index contributed by atoms with van der Waals surface area (Å²) in [6.07, 6.45) is 0. The highest BCUT2D eigenvalue weighted by molar-refractivity contribution is 6.23. The number of rotatable bonds is 3. The maximum Gasteiger partial charge on any atom is 0.264 e. The molecule has 0 aliphatic carbocycles. The summed E-state index contributed by atoms with van der Waals surface area (Å²) in [4.78, 5) is 58.3. The molecule has 19 aromatic rings. The van der Waals surface area contributed by atoms with Crippen LogP contribution < -0.4 is 16.7 Å². The largest absolute Gasteiger partial charge is 0.268 e. The zero-order chi connectivity index (χ0) is 68.4. The molecule has 15 heteroatoms. The van der Waals surface area contributed by atoms with Crippen LogP contribution in [0.1, 0.15) is 33.4 Å². The van der Waals surface area contributed by atoms with Gasteiger partial charge in [-0.2, -0.15) is 26.3 Å². The average Bonchev–Trinajstić information content (AvgIpc) is 1.47. The Balaban J connectivity index is 0.000000111. The molecule has 0 unspecified atom stereocenters. The van der Waals surface area contributed by atoms with Gasteiger partial charge in [0.1, 0.15) is 16.9 Å². The summed E-state index contributed by atoms with van der Waals surface area (Å²) in [6.45, 7) is 9.39. The van der Waals surface area contributed by atoms with E-state index in [1.807, 2.05) is 164 Å². The molecule has 0 spiro atoms. The number of hydrogen-bond acceptors (Lipinski definition) is 11. The fraction of sp³-hybridized carbons (Fsp3) is 0.0118. The Morgan fingerprint density at radius 1 is 0.330 bits per heavy atom. The van der Waals surface area contributed by atoms with Crippen molar-refractivity contribution in [2.24, 2.45) is 0 Å². The van der Waals surface area contributed by atoms with Gasteiger partial charge in [-0.25, -0.2) is 19.8 Å². The normalized spacial score (nSPS) is 11.1. The Morgan fingerprint density at radius 3 is 1.00 bits per heavy atom. The third-order valence-electron chi connectivity index (χ3n) is 18.4. The molecule has 6 aromatic heterocycles. The first kappa shape index (κ1) is 60.0. The molecule has 19 rings (SSSR count). The smallest absolute Gasteiger partial charge is 0.264 e. The summed E-state index contributed by atoms with van der Waals surface area (Å²) < 4.78 is 4.78. The van der Waals surface area contributed by atoms with E-state index in [9.17, 15) is 40.7 Å². The minimum absolute atomic E-state index is 0.186. The summed E-state index contributed by atoms with van der Waals surface area (Å²) in [7, 11) is 0. The summed E-state index contributed by atoms with van der Waals surface area (Å²) >= 11 is 0. The average molecular weight is 1280 g/mol. The molecular weight excluding hydrogens is 1240 g/mol. The molecule has 100 heavy (non-hydrogen) atoms. The van der Waals surface area contributed by atoms with E-state index >= 15 is 0 Å². The molecule has 0 saturated carbocycles. The zero-order valence-corrected chi connectivity index (χ0v) is 52.8. The lowest BCUT2D eigenvalue weighted by Crippen LogP contribution is -2.13. The molecule has 0 bridgehead atoms. The van der Waals surface area contributed by atoms with Crippen molar-refractivity contribution in [2.45, 2.75) is 6.92 Å². The van der Waals surface area contributed by atoms with Crippen molar-refractivity contribution >= 4 is 120 Å². The van der Waals surface area contributed by atoms with E-state index in [-0.39, 0.29) is 16.7 Å². The van der Waals surface area contributed by atoms with Gasteiger partial charge in [0.05, 0.1) is 97.8 Å². The lowest BCUT2D eigenvalue weighted by Gasteiger charge is -2.13. The molecule has 0 aliphatic heterocycles. The first-order valence-electron chi connectivity index (χ1n) is 31.6. The van der Waals surface area contributed by atoms with Gasteiger partial charge in [-0.05, 0) is 143 Å². The van der Waals surface area contributed by atoms with Crippen LogP contribution in [0, 0.1) is 70.2 Å². The SMILES string of the molecule is Cc1ccccc1.N#Cc1ccc2c(c1)nc1c3ccc(C#N)c4c(-c5ccccc5)ccc(c(=O)n21)c43.N#Cc1ccc2c(c1)nc1c3ccc(C#N)c4c(-c5ccccc5)ccc(c(=O)n21)c43.[C-]#[N+]c1ccc2nc3c4ccc(C#N)c5c(-c6ccccc6)ccc(c(=O)n3c2c1)c54. The number of pyridine rings is 3. The number of aryl methyl sites for hydroxylation is 1. The molecule has 0 N–H and O–H groups in total. The van der Waals surface area contributed by atoms with Gasteiger partial charge in [-0.1, -0.05) is 151 Å². The van der Waals surface area contributed by atoms with Crippen LogP contribution in [0.15, 0.2) is 263 Å². The van der Waals surface area contributed by atoms with Crippen LogP contribution in [0.2, 0.25) is 0 Å². The van der Waals surface area contributed by atoms with E-state index in [1.165, 1.54) is 5.56 Å². The summed E-state index contributed by atoms with van der Waals surface area (Å²) in [5.74, 6) is 0. The van der Waals surface area contributed by atoms with E-state index in [0.717, 1.165) is 81.9 Å². The Kier molecular flexibility index (Phi) is 14.4. The van der Waals surface area contributed by atoms with Crippen LogP contribution in [0.4, 0.5) is 5.69 Å². The highest BCUT2D eigenvalue weighted by atomic mass is 16.1. The van der Waals surface area contributed by atoms with Crippen molar-refractivity contribution in [3.8, 4) is 63.7 Å². The second-order valence-corrected chi connectivity index (χ2v) is 23.9. The Bertz CT molecular complexity index is 6690. The van der Waals surface area contributed by atoms with Gasteiger partial charge in [-0.15, -0.1) is 0 Å².